The van der Waals surface area contributed by atoms with Gasteiger partial charge in [-0.2, -0.15) is 0 Å². The Balaban J connectivity index is 1.72. The molecule has 2 N–H and O–H groups in total. The lowest BCUT2D eigenvalue weighted by molar-refractivity contribution is -0.133. The molecule has 0 aliphatic carbocycles. The number of piperidine rings is 1. The number of hydrogen-bond donors (Lipinski definition) is 2. The summed E-state index contributed by atoms with van der Waals surface area (Å²) < 4.78 is 0. The Hall–Kier alpha value is -1.10. The molecule has 5 heteroatoms. The summed E-state index contributed by atoms with van der Waals surface area (Å²) in [4.78, 5) is 24.7. The largest absolute Gasteiger partial charge is 0.351 e. The van der Waals surface area contributed by atoms with Gasteiger partial charge in [0.1, 0.15) is 0 Å². The van der Waals surface area contributed by atoms with Gasteiger partial charge in [-0.3, -0.25) is 9.59 Å². The average molecular weight is 225 g/mol. The molecule has 2 heterocycles. The van der Waals surface area contributed by atoms with Crippen LogP contribution < -0.4 is 10.6 Å². The van der Waals surface area contributed by atoms with Crippen molar-refractivity contribution in [2.45, 2.75) is 31.7 Å². The van der Waals surface area contributed by atoms with E-state index in [2.05, 4.69) is 10.6 Å². The number of amides is 2. The van der Waals surface area contributed by atoms with Crippen LogP contribution >= 0.6 is 0 Å². The SMILES string of the molecule is O=C(CN1CCCC1=O)NC1CCCNC1. The molecule has 2 saturated heterocycles. The van der Waals surface area contributed by atoms with Crippen LogP contribution in [0.15, 0.2) is 0 Å². The second kappa shape index (κ2) is 5.30. The van der Waals surface area contributed by atoms with Crippen LogP contribution in [0.2, 0.25) is 0 Å². The van der Waals surface area contributed by atoms with E-state index in [1.165, 1.54) is 0 Å². The number of likely N-dealkylation sites (tertiary alicyclic amines) is 1. The fourth-order valence-corrected chi connectivity index (χ4v) is 2.29. The molecule has 90 valence electrons. The Labute approximate surface area is 95.6 Å². The van der Waals surface area contributed by atoms with Gasteiger partial charge in [0.25, 0.3) is 0 Å². The highest BCUT2D eigenvalue weighted by atomic mass is 16.2. The predicted molar refractivity (Wildman–Crippen MR) is 59.8 cm³/mol. The topological polar surface area (TPSA) is 61.4 Å². The summed E-state index contributed by atoms with van der Waals surface area (Å²) in [5.74, 6) is 0.0841. The number of carbonyl (C=O) groups excluding carboxylic acids is 2. The molecule has 0 aromatic carbocycles. The third kappa shape index (κ3) is 2.95. The Morgan fingerprint density at radius 1 is 1.50 bits per heavy atom. The Morgan fingerprint density at radius 3 is 3.00 bits per heavy atom. The summed E-state index contributed by atoms with van der Waals surface area (Å²) in [6.07, 6.45) is 3.62. The van der Waals surface area contributed by atoms with E-state index in [0.29, 0.717) is 6.42 Å². The first kappa shape index (κ1) is 11.4. The second-order valence-corrected chi connectivity index (χ2v) is 4.53. The van der Waals surface area contributed by atoms with Crippen LogP contribution in [0.4, 0.5) is 0 Å². The summed E-state index contributed by atoms with van der Waals surface area (Å²) in [6, 6.07) is 0.235. The molecule has 2 fully saturated rings. The molecule has 0 bridgehead atoms. The number of hydrogen-bond acceptors (Lipinski definition) is 3. The first-order valence-corrected chi connectivity index (χ1v) is 6.03. The molecule has 1 atom stereocenters. The van der Waals surface area contributed by atoms with E-state index in [4.69, 9.17) is 0 Å². The first-order valence-electron chi connectivity index (χ1n) is 6.03. The van der Waals surface area contributed by atoms with Gasteiger partial charge in [0.2, 0.25) is 11.8 Å². The number of nitrogens with one attached hydrogen (secondary N) is 2. The molecule has 2 aliphatic rings. The molecule has 0 aromatic rings. The first-order chi connectivity index (χ1) is 7.75. The van der Waals surface area contributed by atoms with Gasteiger partial charge in [0.05, 0.1) is 6.54 Å². The van der Waals surface area contributed by atoms with E-state index in [9.17, 15) is 9.59 Å². The van der Waals surface area contributed by atoms with Gasteiger partial charge >= 0.3 is 0 Å². The van der Waals surface area contributed by atoms with Crippen molar-refractivity contribution < 1.29 is 9.59 Å². The highest BCUT2D eigenvalue weighted by molar-refractivity contribution is 5.85. The van der Waals surface area contributed by atoms with Crippen molar-refractivity contribution in [1.29, 1.82) is 0 Å². The molecule has 2 amide bonds. The quantitative estimate of drug-likeness (QED) is 0.679. The smallest absolute Gasteiger partial charge is 0.239 e. The molecule has 2 rings (SSSR count). The zero-order chi connectivity index (χ0) is 11.4. The lowest BCUT2D eigenvalue weighted by Crippen LogP contribution is -2.48. The maximum atomic E-state index is 11.7. The zero-order valence-electron chi connectivity index (χ0n) is 9.50. The van der Waals surface area contributed by atoms with Crippen molar-refractivity contribution in [3.63, 3.8) is 0 Å². The van der Waals surface area contributed by atoms with E-state index in [1.807, 2.05) is 0 Å². The van der Waals surface area contributed by atoms with Crippen molar-refractivity contribution in [2.24, 2.45) is 0 Å². The standard InChI is InChI=1S/C11H19N3O2/c15-10(8-14-6-2-4-11(14)16)13-9-3-1-5-12-7-9/h9,12H,1-8H2,(H,13,15). The summed E-state index contributed by atoms with van der Waals surface area (Å²) in [6.45, 7) is 2.85. The van der Waals surface area contributed by atoms with Crippen molar-refractivity contribution in [2.75, 3.05) is 26.2 Å². The Bertz CT molecular complexity index is 274. The predicted octanol–water partition coefficient (Wildman–Crippen LogP) is -0.523. The third-order valence-electron chi connectivity index (χ3n) is 3.17. The molecule has 16 heavy (non-hydrogen) atoms. The van der Waals surface area contributed by atoms with Crippen LogP contribution in [0.25, 0.3) is 0 Å². The van der Waals surface area contributed by atoms with Gasteiger partial charge < -0.3 is 15.5 Å². The van der Waals surface area contributed by atoms with Crippen molar-refractivity contribution in [3.05, 3.63) is 0 Å². The maximum Gasteiger partial charge on any atom is 0.239 e. The van der Waals surface area contributed by atoms with Crippen molar-refractivity contribution in [1.82, 2.24) is 15.5 Å². The molecule has 1 unspecified atom stereocenters. The van der Waals surface area contributed by atoms with E-state index in [-0.39, 0.29) is 24.4 Å². The fourth-order valence-electron chi connectivity index (χ4n) is 2.29. The zero-order valence-corrected chi connectivity index (χ0v) is 9.50. The molecular formula is C11H19N3O2. The summed E-state index contributed by atoms with van der Waals surface area (Å²) in [7, 11) is 0. The average Bonchev–Trinajstić information content (AvgIpc) is 2.66. The highest BCUT2D eigenvalue weighted by Crippen LogP contribution is 2.08. The number of rotatable bonds is 3. The summed E-state index contributed by atoms with van der Waals surface area (Å²) >= 11 is 0. The van der Waals surface area contributed by atoms with E-state index >= 15 is 0 Å². The second-order valence-electron chi connectivity index (χ2n) is 4.53. The molecule has 5 nitrogen and oxygen atoms in total. The van der Waals surface area contributed by atoms with Crippen LogP contribution in [0.1, 0.15) is 25.7 Å². The Kier molecular flexibility index (Phi) is 3.77. The molecule has 0 spiro atoms. The minimum Gasteiger partial charge on any atom is -0.351 e. The minimum atomic E-state index is -0.0241. The molecular weight excluding hydrogens is 206 g/mol. The lowest BCUT2D eigenvalue weighted by Gasteiger charge is -2.25. The van der Waals surface area contributed by atoms with Crippen molar-refractivity contribution in [3.8, 4) is 0 Å². The molecule has 2 aliphatic heterocycles. The van der Waals surface area contributed by atoms with Crippen LogP contribution in [-0.4, -0.2) is 48.9 Å². The minimum absolute atomic E-state index is 0.0241. The van der Waals surface area contributed by atoms with Crippen molar-refractivity contribution >= 4 is 11.8 Å². The normalized spacial score (nSPS) is 25.9. The highest BCUT2D eigenvalue weighted by Gasteiger charge is 2.23. The van der Waals surface area contributed by atoms with Crippen LogP contribution in [0, 0.1) is 0 Å². The van der Waals surface area contributed by atoms with Crippen LogP contribution in [0.5, 0.6) is 0 Å². The van der Waals surface area contributed by atoms with E-state index in [1.54, 1.807) is 4.90 Å². The maximum absolute atomic E-state index is 11.7. The third-order valence-corrected chi connectivity index (χ3v) is 3.17. The van der Waals surface area contributed by atoms with Crippen LogP contribution in [-0.2, 0) is 9.59 Å². The van der Waals surface area contributed by atoms with Gasteiger partial charge in [-0.15, -0.1) is 0 Å². The molecule has 0 saturated carbocycles. The van der Waals surface area contributed by atoms with E-state index in [0.717, 1.165) is 38.9 Å². The lowest BCUT2D eigenvalue weighted by atomic mass is 10.1. The van der Waals surface area contributed by atoms with Gasteiger partial charge in [0, 0.05) is 25.6 Å². The number of carbonyl (C=O) groups is 2. The molecule has 0 aromatic heterocycles. The summed E-state index contributed by atoms with van der Waals surface area (Å²) in [5.41, 5.74) is 0. The van der Waals surface area contributed by atoms with Gasteiger partial charge in [-0.25, -0.2) is 0 Å². The van der Waals surface area contributed by atoms with Gasteiger partial charge in [0.15, 0.2) is 0 Å². The summed E-state index contributed by atoms with van der Waals surface area (Å²) in [5, 5.41) is 6.22. The van der Waals surface area contributed by atoms with E-state index < -0.39 is 0 Å². The Morgan fingerprint density at radius 2 is 2.38 bits per heavy atom. The van der Waals surface area contributed by atoms with Gasteiger partial charge in [-0.1, -0.05) is 0 Å². The van der Waals surface area contributed by atoms with Crippen LogP contribution in [0.3, 0.4) is 0 Å². The monoisotopic (exact) mass is 225 g/mol. The number of nitrogens with zero attached hydrogens (tertiary/aromatic N) is 1. The molecule has 0 radical (unpaired) electrons. The van der Waals surface area contributed by atoms with Gasteiger partial charge in [-0.05, 0) is 25.8 Å². The fraction of sp³-hybridized carbons (Fsp3) is 0.818.